The van der Waals surface area contributed by atoms with E-state index in [0.29, 0.717) is 0 Å². The first-order valence-corrected chi connectivity index (χ1v) is 7.41. The molecule has 1 atom stereocenters. The summed E-state index contributed by atoms with van der Waals surface area (Å²) in [6.45, 7) is 2.05. The highest BCUT2D eigenvalue weighted by molar-refractivity contribution is 14.1. The van der Waals surface area contributed by atoms with E-state index in [1.807, 2.05) is 25.2 Å². The van der Waals surface area contributed by atoms with E-state index in [4.69, 9.17) is 4.74 Å². The molecule has 0 aliphatic carbocycles. The molecule has 0 aromatic heterocycles. The fraction of sp³-hybridized carbons (Fsp3) is 0.250. The van der Waals surface area contributed by atoms with Gasteiger partial charge >= 0.3 is 0 Å². The summed E-state index contributed by atoms with van der Waals surface area (Å²) in [6.07, 6.45) is 0. The number of rotatable bonds is 4. The first kappa shape index (κ1) is 15.3. The SMILES string of the molecule is CNC(c1ccc(OC)cc1C)c1ccc(F)cc1I. The summed E-state index contributed by atoms with van der Waals surface area (Å²) in [4.78, 5) is 0. The van der Waals surface area contributed by atoms with Crippen LogP contribution >= 0.6 is 22.6 Å². The Balaban J connectivity index is 2.47. The van der Waals surface area contributed by atoms with Crippen molar-refractivity contribution in [1.82, 2.24) is 5.32 Å². The molecule has 2 rings (SSSR count). The van der Waals surface area contributed by atoms with E-state index in [9.17, 15) is 4.39 Å². The first-order valence-electron chi connectivity index (χ1n) is 6.33. The lowest BCUT2D eigenvalue weighted by atomic mass is 9.95. The van der Waals surface area contributed by atoms with E-state index in [1.54, 1.807) is 13.2 Å². The fourth-order valence-electron chi connectivity index (χ4n) is 2.31. The monoisotopic (exact) mass is 385 g/mol. The van der Waals surface area contributed by atoms with Gasteiger partial charge in [-0.3, -0.25) is 0 Å². The third kappa shape index (κ3) is 3.12. The summed E-state index contributed by atoms with van der Waals surface area (Å²) in [5, 5.41) is 3.31. The second-order valence-corrected chi connectivity index (χ2v) is 5.77. The van der Waals surface area contributed by atoms with E-state index >= 15 is 0 Å². The fourth-order valence-corrected chi connectivity index (χ4v) is 3.10. The molecule has 4 heteroatoms. The number of halogens is 2. The Morgan fingerprint density at radius 3 is 2.40 bits per heavy atom. The highest BCUT2D eigenvalue weighted by atomic mass is 127. The molecule has 0 saturated heterocycles. The average molecular weight is 385 g/mol. The van der Waals surface area contributed by atoms with Crippen LogP contribution in [0, 0.1) is 16.3 Å². The van der Waals surface area contributed by atoms with Gasteiger partial charge in [-0.1, -0.05) is 12.1 Å². The predicted molar refractivity (Wildman–Crippen MR) is 87.8 cm³/mol. The topological polar surface area (TPSA) is 21.3 Å². The van der Waals surface area contributed by atoms with Crippen molar-refractivity contribution in [2.75, 3.05) is 14.2 Å². The molecule has 106 valence electrons. The zero-order valence-electron chi connectivity index (χ0n) is 11.7. The summed E-state index contributed by atoms with van der Waals surface area (Å²) in [5.41, 5.74) is 3.38. The standard InChI is InChI=1S/C16H17FINO/c1-10-8-12(20-3)5-7-13(10)16(19-2)14-6-4-11(17)9-15(14)18/h4-9,16,19H,1-3H3. The molecular weight excluding hydrogens is 368 g/mol. The third-order valence-electron chi connectivity index (χ3n) is 3.35. The number of aryl methyl sites for hydroxylation is 1. The largest absolute Gasteiger partial charge is 0.497 e. The Labute approximate surface area is 132 Å². The molecular formula is C16H17FINO. The summed E-state index contributed by atoms with van der Waals surface area (Å²) in [6, 6.07) is 10.9. The second-order valence-electron chi connectivity index (χ2n) is 4.61. The molecule has 0 radical (unpaired) electrons. The zero-order chi connectivity index (χ0) is 14.7. The van der Waals surface area contributed by atoms with Gasteiger partial charge in [0.2, 0.25) is 0 Å². The second kappa shape index (κ2) is 6.54. The maximum absolute atomic E-state index is 13.3. The quantitative estimate of drug-likeness (QED) is 0.802. The van der Waals surface area contributed by atoms with Crippen LogP contribution in [-0.4, -0.2) is 14.2 Å². The van der Waals surface area contributed by atoms with Gasteiger partial charge in [0.15, 0.2) is 0 Å². The van der Waals surface area contributed by atoms with Crippen molar-refractivity contribution in [3.63, 3.8) is 0 Å². The normalized spacial score (nSPS) is 12.2. The van der Waals surface area contributed by atoms with Gasteiger partial charge < -0.3 is 10.1 Å². The summed E-state index contributed by atoms with van der Waals surface area (Å²) < 4.78 is 19.4. The molecule has 0 saturated carbocycles. The van der Waals surface area contributed by atoms with Crippen LogP contribution in [0.15, 0.2) is 36.4 Å². The van der Waals surface area contributed by atoms with Crippen molar-refractivity contribution < 1.29 is 9.13 Å². The lowest BCUT2D eigenvalue weighted by molar-refractivity contribution is 0.414. The van der Waals surface area contributed by atoms with E-state index in [2.05, 4.69) is 40.9 Å². The molecule has 0 heterocycles. The van der Waals surface area contributed by atoms with Crippen LogP contribution in [0.5, 0.6) is 5.75 Å². The van der Waals surface area contributed by atoms with E-state index < -0.39 is 0 Å². The molecule has 2 aromatic rings. The van der Waals surface area contributed by atoms with E-state index in [0.717, 1.165) is 26.0 Å². The first-order chi connectivity index (χ1) is 9.56. The minimum atomic E-state index is -0.209. The Bertz CT molecular complexity index is 615. The number of hydrogen-bond donors (Lipinski definition) is 1. The highest BCUT2D eigenvalue weighted by Crippen LogP contribution is 2.30. The molecule has 1 unspecified atom stereocenters. The van der Waals surface area contributed by atoms with Crippen LogP contribution in [0.1, 0.15) is 22.7 Å². The predicted octanol–water partition coefficient (Wildman–Crippen LogP) is 4.06. The Hall–Kier alpha value is -1.14. The van der Waals surface area contributed by atoms with Crippen LogP contribution in [0.2, 0.25) is 0 Å². The number of ether oxygens (including phenoxy) is 1. The summed E-state index contributed by atoms with van der Waals surface area (Å²) >= 11 is 2.17. The van der Waals surface area contributed by atoms with Gasteiger partial charge in [-0.05, 0) is 77.5 Å². The minimum Gasteiger partial charge on any atom is -0.497 e. The number of hydrogen-bond acceptors (Lipinski definition) is 2. The van der Waals surface area contributed by atoms with Gasteiger partial charge in [0, 0.05) is 3.57 Å². The molecule has 0 aliphatic heterocycles. The molecule has 2 aromatic carbocycles. The molecule has 20 heavy (non-hydrogen) atoms. The maximum atomic E-state index is 13.3. The van der Waals surface area contributed by atoms with Gasteiger partial charge in [-0.15, -0.1) is 0 Å². The maximum Gasteiger partial charge on any atom is 0.124 e. The molecule has 0 fully saturated rings. The smallest absolute Gasteiger partial charge is 0.124 e. The summed E-state index contributed by atoms with van der Waals surface area (Å²) in [5.74, 6) is 0.634. The lowest BCUT2D eigenvalue weighted by Crippen LogP contribution is -2.19. The number of methoxy groups -OCH3 is 1. The van der Waals surface area contributed by atoms with Crippen LogP contribution in [-0.2, 0) is 0 Å². The van der Waals surface area contributed by atoms with Crippen LogP contribution in [0.4, 0.5) is 4.39 Å². The van der Waals surface area contributed by atoms with E-state index in [-0.39, 0.29) is 11.9 Å². The van der Waals surface area contributed by atoms with Crippen molar-refractivity contribution in [3.8, 4) is 5.75 Å². The Kier molecular flexibility index (Phi) is 4.99. The average Bonchev–Trinajstić information content (AvgIpc) is 2.43. The van der Waals surface area contributed by atoms with Gasteiger partial charge in [0.05, 0.1) is 13.2 Å². The third-order valence-corrected chi connectivity index (χ3v) is 4.28. The molecule has 0 bridgehead atoms. The Morgan fingerprint density at radius 1 is 1.15 bits per heavy atom. The van der Waals surface area contributed by atoms with Gasteiger partial charge in [-0.25, -0.2) is 4.39 Å². The molecule has 1 N–H and O–H groups in total. The van der Waals surface area contributed by atoms with Gasteiger partial charge in [-0.2, -0.15) is 0 Å². The number of benzene rings is 2. The lowest BCUT2D eigenvalue weighted by Gasteiger charge is -2.21. The van der Waals surface area contributed by atoms with Crippen LogP contribution in [0.3, 0.4) is 0 Å². The van der Waals surface area contributed by atoms with Crippen LogP contribution in [0.25, 0.3) is 0 Å². The molecule has 0 aliphatic rings. The highest BCUT2D eigenvalue weighted by Gasteiger charge is 2.17. The van der Waals surface area contributed by atoms with E-state index in [1.165, 1.54) is 6.07 Å². The Morgan fingerprint density at radius 2 is 1.85 bits per heavy atom. The van der Waals surface area contributed by atoms with Crippen molar-refractivity contribution in [2.45, 2.75) is 13.0 Å². The molecule has 2 nitrogen and oxygen atoms in total. The van der Waals surface area contributed by atoms with Crippen molar-refractivity contribution in [2.24, 2.45) is 0 Å². The van der Waals surface area contributed by atoms with Gasteiger partial charge in [0.1, 0.15) is 11.6 Å². The van der Waals surface area contributed by atoms with Crippen molar-refractivity contribution in [3.05, 3.63) is 62.5 Å². The van der Waals surface area contributed by atoms with Crippen molar-refractivity contribution >= 4 is 22.6 Å². The molecule has 0 amide bonds. The number of nitrogens with one attached hydrogen (secondary N) is 1. The van der Waals surface area contributed by atoms with Gasteiger partial charge in [0.25, 0.3) is 0 Å². The zero-order valence-corrected chi connectivity index (χ0v) is 13.9. The van der Waals surface area contributed by atoms with Crippen LogP contribution < -0.4 is 10.1 Å². The summed E-state index contributed by atoms with van der Waals surface area (Å²) in [7, 11) is 3.57. The molecule has 0 spiro atoms. The van der Waals surface area contributed by atoms with Crippen molar-refractivity contribution in [1.29, 1.82) is 0 Å². The minimum absolute atomic E-state index is 0.0356.